The lowest BCUT2D eigenvalue weighted by atomic mass is 10.1. The van der Waals surface area contributed by atoms with Gasteiger partial charge in [-0.3, -0.25) is 14.3 Å². The monoisotopic (exact) mass is 515 g/mol. The van der Waals surface area contributed by atoms with Gasteiger partial charge in [-0.25, -0.2) is 15.0 Å². The minimum atomic E-state index is -0.438. The van der Waals surface area contributed by atoms with Gasteiger partial charge in [-0.2, -0.15) is 0 Å². The van der Waals surface area contributed by atoms with Crippen LogP contribution in [-0.4, -0.2) is 24.5 Å². The number of aryl methyl sites for hydroxylation is 3. The first-order chi connectivity index (χ1) is 16.2. The zero-order valence-corrected chi connectivity index (χ0v) is 21.7. The van der Waals surface area contributed by atoms with Gasteiger partial charge in [-0.05, 0) is 32.4 Å². The fraction of sp³-hybridized carbons (Fsp3) is 0.292. The number of ether oxygens (including phenoxy) is 1. The number of hydrogen-bond acceptors (Lipinski definition) is 7. The van der Waals surface area contributed by atoms with Crippen molar-refractivity contribution in [2.75, 3.05) is 0 Å². The fourth-order valence-electron chi connectivity index (χ4n) is 3.43. The molecule has 34 heavy (non-hydrogen) atoms. The molecule has 0 unspecified atom stereocenters. The highest BCUT2D eigenvalue weighted by Crippen LogP contribution is 2.30. The van der Waals surface area contributed by atoms with Gasteiger partial charge >= 0.3 is 0 Å². The third-order valence-corrected chi connectivity index (χ3v) is 6.63. The number of nitrogens with zero attached hydrogens (tertiary/aromatic N) is 5. The first kappa shape index (κ1) is 24.3. The number of aromatic nitrogens is 5. The quantitative estimate of drug-likeness (QED) is 0.309. The Labute approximate surface area is 211 Å². The Hall–Kier alpha value is -2.81. The molecular weight excluding hydrogens is 493 g/mol. The van der Waals surface area contributed by atoms with Gasteiger partial charge in [-0.1, -0.05) is 37.0 Å². The second kappa shape index (κ2) is 9.82. The van der Waals surface area contributed by atoms with Crippen molar-refractivity contribution in [3.63, 3.8) is 0 Å². The highest BCUT2D eigenvalue weighted by Gasteiger charge is 2.18. The maximum Gasteiger partial charge on any atom is 0.277 e. The molecule has 0 N–H and O–H groups in total. The van der Waals surface area contributed by atoms with E-state index in [-0.39, 0.29) is 17.5 Å². The second-order valence-electron chi connectivity index (χ2n) is 8.19. The smallest absolute Gasteiger partial charge is 0.277 e. The van der Waals surface area contributed by atoms with Crippen molar-refractivity contribution in [1.29, 1.82) is 0 Å². The summed E-state index contributed by atoms with van der Waals surface area (Å²) in [5, 5.41) is 3.13. The summed E-state index contributed by atoms with van der Waals surface area (Å²) >= 11 is 14.4. The maximum absolute atomic E-state index is 13.3. The van der Waals surface area contributed by atoms with Crippen LogP contribution in [0.1, 0.15) is 47.5 Å². The lowest BCUT2D eigenvalue weighted by Gasteiger charge is -2.16. The number of thiazole rings is 1. The van der Waals surface area contributed by atoms with Crippen LogP contribution in [0, 0.1) is 20.8 Å². The van der Waals surface area contributed by atoms with Gasteiger partial charge in [0.2, 0.25) is 0 Å². The molecule has 0 aliphatic rings. The molecule has 7 nitrogen and oxygen atoms in total. The summed E-state index contributed by atoms with van der Waals surface area (Å²) in [7, 11) is 0. The number of rotatable bonds is 6. The predicted molar refractivity (Wildman–Crippen MR) is 136 cm³/mol. The van der Waals surface area contributed by atoms with Gasteiger partial charge in [0.15, 0.2) is 0 Å². The average molecular weight is 516 g/mol. The van der Waals surface area contributed by atoms with Crippen LogP contribution in [-0.2, 0) is 6.61 Å². The van der Waals surface area contributed by atoms with Crippen molar-refractivity contribution in [3.05, 3.63) is 78.1 Å². The van der Waals surface area contributed by atoms with E-state index in [9.17, 15) is 4.79 Å². The average Bonchev–Trinajstić information content (AvgIpc) is 3.22. The molecule has 0 aliphatic heterocycles. The van der Waals surface area contributed by atoms with Gasteiger partial charge in [0.05, 0.1) is 32.8 Å². The van der Waals surface area contributed by atoms with Gasteiger partial charge in [0, 0.05) is 35.5 Å². The van der Waals surface area contributed by atoms with Crippen molar-refractivity contribution in [2.45, 2.75) is 47.1 Å². The van der Waals surface area contributed by atoms with Gasteiger partial charge < -0.3 is 4.74 Å². The zero-order valence-electron chi connectivity index (χ0n) is 19.4. The fourth-order valence-corrected chi connectivity index (χ4v) is 4.41. The van der Waals surface area contributed by atoms with Crippen molar-refractivity contribution >= 4 is 34.5 Å². The van der Waals surface area contributed by atoms with E-state index in [1.54, 1.807) is 25.3 Å². The minimum Gasteiger partial charge on any atom is -0.485 e. The summed E-state index contributed by atoms with van der Waals surface area (Å²) in [6.45, 7) is 9.91. The van der Waals surface area contributed by atoms with Crippen molar-refractivity contribution in [1.82, 2.24) is 24.5 Å². The molecule has 176 valence electrons. The summed E-state index contributed by atoms with van der Waals surface area (Å²) in [5.41, 5.74) is 3.56. The van der Waals surface area contributed by atoms with E-state index in [2.05, 4.69) is 19.9 Å². The third-order valence-electron chi connectivity index (χ3n) is 5.17. The Balaban J connectivity index is 1.76. The Kier molecular flexibility index (Phi) is 7.02. The molecule has 0 atom stereocenters. The van der Waals surface area contributed by atoms with E-state index < -0.39 is 5.56 Å². The van der Waals surface area contributed by atoms with Crippen molar-refractivity contribution in [3.8, 4) is 22.8 Å². The number of pyridine rings is 2. The Morgan fingerprint density at radius 2 is 1.85 bits per heavy atom. The molecule has 4 aromatic rings. The molecule has 0 amide bonds. The Morgan fingerprint density at radius 3 is 2.53 bits per heavy atom. The van der Waals surface area contributed by atoms with Gasteiger partial charge in [0.25, 0.3) is 5.56 Å². The molecule has 10 heteroatoms. The molecule has 4 aromatic heterocycles. The van der Waals surface area contributed by atoms with E-state index in [1.807, 2.05) is 33.1 Å². The molecule has 0 saturated carbocycles. The molecule has 0 saturated heterocycles. The van der Waals surface area contributed by atoms with E-state index in [0.29, 0.717) is 39.4 Å². The summed E-state index contributed by atoms with van der Waals surface area (Å²) in [6, 6.07) is 3.46. The molecule has 0 aromatic carbocycles. The number of halogens is 2. The summed E-state index contributed by atoms with van der Waals surface area (Å²) in [5.74, 6) is 1.17. The lowest BCUT2D eigenvalue weighted by Crippen LogP contribution is -2.22. The maximum atomic E-state index is 13.3. The summed E-state index contributed by atoms with van der Waals surface area (Å²) in [6.07, 6.45) is 3.29. The molecular formula is C24H23Cl2N5O2S. The van der Waals surface area contributed by atoms with E-state index in [0.717, 1.165) is 16.3 Å². The lowest BCUT2D eigenvalue weighted by molar-refractivity contribution is 0.301. The highest BCUT2D eigenvalue weighted by molar-refractivity contribution is 7.09. The van der Waals surface area contributed by atoms with Gasteiger partial charge in [-0.15, -0.1) is 11.3 Å². The Bertz CT molecular complexity index is 1430. The minimum absolute atomic E-state index is 0.0349. The topological polar surface area (TPSA) is 82.8 Å². The zero-order chi connectivity index (χ0) is 24.6. The first-order valence-electron chi connectivity index (χ1n) is 10.6. The van der Waals surface area contributed by atoms with Crippen molar-refractivity contribution in [2.24, 2.45) is 0 Å². The standard InChI is InChI=1S/C24H23Cl2N5O2S/c1-12(2)23-28-8-13(3)22(30-23)18-7-19(17(25)9-27-18)31-14(4)6-20(21(26)24(31)32)33-10-16-11-34-15(5)29-16/h6-9,11-12H,10H2,1-5H3. The van der Waals surface area contributed by atoms with Crippen LogP contribution in [0.2, 0.25) is 10.0 Å². The molecule has 0 aliphatic carbocycles. The van der Waals surface area contributed by atoms with E-state index in [1.165, 1.54) is 22.1 Å². The number of hydrogen-bond donors (Lipinski definition) is 0. The molecule has 4 heterocycles. The van der Waals surface area contributed by atoms with Crippen LogP contribution in [0.3, 0.4) is 0 Å². The van der Waals surface area contributed by atoms with E-state index >= 15 is 0 Å². The van der Waals surface area contributed by atoms with Crippen LogP contribution < -0.4 is 10.3 Å². The summed E-state index contributed by atoms with van der Waals surface area (Å²) < 4.78 is 7.25. The second-order valence-corrected chi connectivity index (χ2v) is 10.0. The van der Waals surface area contributed by atoms with Crippen LogP contribution in [0.25, 0.3) is 17.1 Å². The molecule has 0 bridgehead atoms. The van der Waals surface area contributed by atoms with Crippen LogP contribution >= 0.6 is 34.5 Å². The summed E-state index contributed by atoms with van der Waals surface area (Å²) in [4.78, 5) is 31.2. The highest BCUT2D eigenvalue weighted by atomic mass is 35.5. The first-order valence-corrected chi connectivity index (χ1v) is 12.2. The molecule has 0 spiro atoms. The van der Waals surface area contributed by atoms with Crippen LogP contribution in [0.4, 0.5) is 0 Å². The third kappa shape index (κ3) is 4.85. The predicted octanol–water partition coefficient (Wildman–Crippen LogP) is 6.08. The van der Waals surface area contributed by atoms with Crippen LogP contribution in [0.5, 0.6) is 5.75 Å². The van der Waals surface area contributed by atoms with E-state index in [4.69, 9.17) is 27.9 Å². The van der Waals surface area contributed by atoms with Crippen LogP contribution in [0.15, 0.2) is 34.7 Å². The SMILES string of the molecule is Cc1nc(COc2cc(C)n(-c3cc(-c4nc(C(C)C)ncc4C)ncc3Cl)c(=O)c2Cl)cs1. The largest absolute Gasteiger partial charge is 0.485 e. The Morgan fingerprint density at radius 1 is 1.09 bits per heavy atom. The normalized spacial score (nSPS) is 11.3. The van der Waals surface area contributed by atoms with Crippen molar-refractivity contribution < 1.29 is 4.74 Å². The van der Waals surface area contributed by atoms with Gasteiger partial charge in [0.1, 0.15) is 23.2 Å². The molecule has 4 rings (SSSR count). The molecule has 0 radical (unpaired) electrons. The molecule has 0 fully saturated rings.